The molecule has 2 aliphatic rings. The van der Waals surface area contributed by atoms with E-state index >= 15 is 0 Å². The van der Waals surface area contributed by atoms with E-state index in [1.54, 1.807) is 11.1 Å². The molecule has 0 aliphatic heterocycles. The topological polar surface area (TPSA) is 0 Å². The molecule has 0 heteroatoms. The fourth-order valence-electron chi connectivity index (χ4n) is 6.32. The molecular formula is C40H38. The Morgan fingerprint density at radius 1 is 0.700 bits per heavy atom. The largest absolute Gasteiger partial charge is 0.0812 e. The van der Waals surface area contributed by atoms with Gasteiger partial charge in [-0.2, -0.15) is 0 Å². The van der Waals surface area contributed by atoms with Crippen molar-refractivity contribution in [3.8, 4) is 22.3 Å². The van der Waals surface area contributed by atoms with Crippen LogP contribution in [0.15, 0.2) is 138 Å². The van der Waals surface area contributed by atoms with Crippen molar-refractivity contribution in [2.24, 2.45) is 5.92 Å². The summed E-state index contributed by atoms with van der Waals surface area (Å²) in [6.07, 6.45) is 11.8. The Labute approximate surface area is 240 Å². The summed E-state index contributed by atoms with van der Waals surface area (Å²) in [4.78, 5) is 0. The molecule has 4 aromatic rings. The minimum atomic E-state index is 0.448. The van der Waals surface area contributed by atoms with E-state index in [1.807, 2.05) is 0 Å². The molecule has 198 valence electrons. The molecule has 0 N–H and O–H groups in total. The van der Waals surface area contributed by atoms with E-state index in [0.29, 0.717) is 5.92 Å². The highest BCUT2D eigenvalue weighted by Crippen LogP contribution is 2.43. The molecule has 0 amide bonds. The van der Waals surface area contributed by atoms with Crippen LogP contribution in [0, 0.1) is 12.8 Å². The van der Waals surface area contributed by atoms with Gasteiger partial charge in [0.1, 0.15) is 0 Å². The van der Waals surface area contributed by atoms with E-state index in [-0.39, 0.29) is 0 Å². The van der Waals surface area contributed by atoms with Crippen LogP contribution < -0.4 is 0 Å². The molecule has 6 rings (SSSR count). The summed E-state index contributed by atoms with van der Waals surface area (Å²) in [6, 6.07) is 37.5. The first-order valence-corrected chi connectivity index (χ1v) is 14.6. The van der Waals surface area contributed by atoms with Crippen molar-refractivity contribution in [3.05, 3.63) is 155 Å². The van der Waals surface area contributed by atoms with E-state index in [1.165, 1.54) is 55.7 Å². The molecule has 0 bridgehead atoms. The molecule has 0 fully saturated rings. The standard InChI is InChI=1S/C40H38/c1-28-14-17-36-25-38(34-22-20-33(21-23-34)31-10-6-4-7-11-31)26-37(40(36)24-28)19-16-30(3)39-27-35(18-15-29(39)2)32-12-8-5-9-13-32/h4-16,18,20-23,26-27,37H,17,19,24-25H2,1-3H3/b30-16-. The van der Waals surface area contributed by atoms with Gasteiger partial charge in [-0.25, -0.2) is 0 Å². The Bertz CT molecular complexity index is 1620. The van der Waals surface area contributed by atoms with Crippen LogP contribution in [0.25, 0.3) is 33.4 Å². The summed E-state index contributed by atoms with van der Waals surface area (Å²) < 4.78 is 0. The molecule has 0 spiro atoms. The van der Waals surface area contributed by atoms with E-state index < -0.39 is 0 Å². The molecule has 1 atom stereocenters. The van der Waals surface area contributed by atoms with Gasteiger partial charge in [-0.3, -0.25) is 0 Å². The van der Waals surface area contributed by atoms with E-state index in [2.05, 4.69) is 142 Å². The van der Waals surface area contributed by atoms with Crippen molar-refractivity contribution in [1.29, 1.82) is 0 Å². The van der Waals surface area contributed by atoms with E-state index in [4.69, 9.17) is 0 Å². The first-order chi connectivity index (χ1) is 19.5. The van der Waals surface area contributed by atoms with Crippen LogP contribution in [0.1, 0.15) is 56.2 Å². The maximum atomic E-state index is 2.58. The molecule has 0 radical (unpaired) electrons. The summed E-state index contributed by atoms with van der Waals surface area (Å²) in [5.41, 5.74) is 16.8. The Balaban J connectivity index is 1.28. The van der Waals surface area contributed by atoms with Crippen molar-refractivity contribution < 1.29 is 0 Å². The molecule has 2 aliphatic carbocycles. The first-order valence-electron chi connectivity index (χ1n) is 14.6. The Morgan fingerprint density at radius 2 is 1.30 bits per heavy atom. The highest BCUT2D eigenvalue weighted by molar-refractivity contribution is 5.75. The van der Waals surface area contributed by atoms with E-state index in [0.717, 1.165) is 25.7 Å². The van der Waals surface area contributed by atoms with Gasteiger partial charge < -0.3 is 0 Å². The lowest BCUT2D eigenvalue weighted by molar-refractivity contribution is 0.699. The molecule has 0 nitrogen and oxygen atoms in total. The minimum Gasteiger partial charge on any atom is -0.0812 e. The zero-order chi connectivity index (χ0) is 27.5. The fourth-order valence-corrected chi connectivity index (χ4v) is 6.32. The summed E-state index contributed by atoms with van der Waals surface area (Å²) in [5.74, 6) is 0.448. The molecule has 1 unspecified atom stereocenters. The average Bonchev–Trinajstić information content (AvgIpc) is 3.01. The smallest absolute Gasteiger partial charge is 0.00237 e. The summed E-state index contributed by atoms with van der Waals surface area (Å²) in [6.45, 7) is 6.81. The third-order valence-corrected chi connectivity index (χ3v) is 8.68. The van der Waals surface area contributed by atoms with E-state index in [9.17, 15) is 0 Å². The van der Waals surface area contributed by atoms with Crippen molar-refractivity contribution in [2.45, 2.75) is 46.5 Å². The Hall–Kier alpha value is -4.16. The predicted octanol–water partition coefficient (Wildman–Crippen LogP) is 11.3. The normalized spacial score (nSPS) is 17.3. The molecular weight excluding hydrogens is 480 g/mol. The van der Waals surface area contributed by atoms with Crippen LogP contribution in [-0.2, 0) is 0 Å². The Morgan fingerprint density at radius 3 is 2.00 bits per heavy atom. The predicted molar refractivity (Wildman–Crippen MR) is 173 cm³/mol. The lowest BCUT2D eigenvalue weighted by atomic mass is 9.74. The van der Waals surface area contributed by atoms with Gasteiger partial charge in [0.2, 0.25) is 0 Å². The molecule has 0 saturated carbocycles. The molecule has 0 heterocycles. The van der Waals surface area contributed by atoms with Gasteiger partial charge in [-0.15, -0.1) is 0 Å². The number of hydrogen-bond donors (Lipinski definition) is 0. The van der Waals surface area contributed by atoms with Crippen LogP contribution in [0.4, 0.5) is 0 Å². The van der Waals surface area contributed by atoms with Crippen molar-refractivity contribution in [1.82, 2.24) is 0 Å². The number of aryl methyl sites for hydroxylation is 1. The number of benzene rings is 4. The molecule has 4 aromatic carbocycles. The average molecular weight is 519 g/mol. The van der Waals surface area contributed by atoms with Crippen LogP contribution in [-0.4, -0.2) is 0 Å². The molecule has 0 aromatic heterocycles. The van der Waals surface area contributed by atoms with Gasteiger partial charge in [-0.1, -0.05) is 132 Å². The van der Waals surface area contributed by atoms with Gasteiger partial charge >= 0.3 is 0 Å². The third kappa shape index (κ3) is 5.58. The molecule has 40 heavy (non-hydrogen) atoms. The second-order valence-corrected chi connectivity index (χ2v) is 11.5. The van der Waals surface area contributed by atoms with Crippen molar-refractivity contribution in [2.75, 3.05) is 0 Å². The fraction of sp³-hybridized carbons (Fsp3) is 0.200. The van der Waals surface area contributed by atoms with Crippen LogP contribution in [0.2, 0.25) is 0 Å². The third-order valence-electron chi connectivity index (χ3n) is 8.68. The Kier molecular flexibility index (Phi) is 7.51. The van der Waals surface area contributed by atoms with Crippen LogP contribution in [0.3, 0.4) is 0 Å². The van der Waals surface area contributed by atoms with Gasteiger partial charge in [-0.05, 0) is 103 Å². The molecule has 0 saturated heterocycles. The summed E-state index contributed by atoms with van der Waals surface area (Å²) in [5, 5.41) is 0. The van der Waals surface area contributed by atoms with Crippen molar-refractivity contribution >= 4 is 11.1 Å². The minimum absolute atomic E-state index is 0.448. The van der Waals surface area contributed by atoms with Gasteiger partial charge in [0, 0.05) is 5.92 Å². The van der Waals surface area contributed by atoms with Gasteiger partial charge in [0.05, 0.1) is 0 Å². The summed E-state index contributed by atoms with van der Waals surface area (Å²) >= 11 is 0. The highest BCUT2D eigenvalue weighted by Gasteiger charge is 2.25. The second kappa shape index (κ2) is 11.5. The lowest BCUT2D eigenvalue weighted by Crippen LogP contribution is -2.13. The second-order valence-electron chi connectivity index (χ2n) is 11.5. The monoisotopic (exact) mass is 518 g/mol. The lowest BCUT2D eigenvalue weighted by Gasteiger charge is -2.31. The zero-order valence-corrected chi connectivity index (χ0v) is 24.0. The summed E-state index contributed by atoms with van der Waals surface area (Å²) in [7, 11) is 0. The first kappa shape index (κ1) is 26.1. The van der Waals surface area contributed by atoms with Gasteiger partial charge in [0.25, 0.3) is 0 Å². The number of hydrogen-bond acceptors (Lipinski definition) is 0. The maximum Gasteiger partial charge on any atom is 0.00237 e. The van der Waals surface area contributed by atoms with Crippen molar-refractivity contribution in [3.63, 3.8) is 0 Å². The number of rotatable bonds is 6. The SMILES string of the molecule is CC1=CCC2=C(C1)C(C/C=C(/C)c1cc(-c3ccccc3)ccc1C)C=C(c1ccc(-c3ccccc3)cc1)C2. The van der Waals surface area contributed by atoms with Crippen LogP contribution in [0.5, 0.6) is 0 Å². The number of allylic oxidation sites excluding steroid dienone is 8. The zero-order valence-electron chi connectivity index (χ0n) is 24.0. The van der Waals surface area contributed by atoms with Gasteiger partial charge in [0.15, 0.2) is 0 Å². The van der Waals surface area contributed by atoms with Crippen LogP contribution >= 0.6 is 0 Å². The highest BCUT2D eigenvalue weighted by atomic mass is 14.3. The maximum absolute atomic E-state index is 2.58. The quantitative estimate of drug-likeness (QED) is 0.223.